The molecule has 0 saturated carbocycles. The number of hydrogen-bond acceptors (Lipinski definition) is 9. The standard InChI is InChI=1S/C32H36N4O8/c1-19-13-36(20(2)16-37)31(38)24-11-22(33-32(39)34-23-6-9-27-29(12-23)43-18-41-27)5-8-25(24)44-30(19)15-35(3)14-21-4-7-26-28(10-21)42-17-40-26/h4-12,19-20,30,37H,13-18H2,1-3H3,(H2,33,34,39)/t19-,20-,30-/m1/s1. The van der Waals surface area contributed by atoms with Crippen molar-refractivity contribution in [3.63, 3.8) is 0 Å². The second kappa shape index (κ2) is 12.5. The largest absolute Gasteiger partial charge is 0.488 e. The second-order valence-electron chi connectivity index (χ2n) is 11.4. The van der Waals surface area contributed by atoms with Gasteiger partial charge < -0.3 is 44.3 Å². The molecule has 3 amide bonds. The summed E-state index contributed by atoms with van der Waals surface area (Å²) in [5.41, 5.74) is 2.33. The molecule has 3 heterocycles. The topological polar surface area (TPSA) is 131 Å². The lowest BCUT2D eigenvalue weighted by atomic mass is 9.99. The summed E-state index contributed by atoms with van der Waals surface area (Å²) in [4.78, 5) is 30.5. The number of anilines is 2. The number of amides is 3. The molecule has 3 atom stereocenters. The molecule has 232 valence electrons. The third-order valence-corrected chi connectivity index (χ3v) is 7.93. The third-order valence-electron chi connectivity index (χ3n) is 7.93. The van der Waals surface area contributed by atoms with E-state index in [4.69, 9.17) is 23.7 Å². The van der Waals surface area contributed by atoms with Gasteiger partial charge in [0.25, 0.3) is 5.91 Å². The van der Waals surface area contributed by atoms with Crippen LogP contribution in [0.4, 0.5) is 16.2 Å². The van der Waals surface area contributed by atoms with Crippen LogP contribution in [0.3, 0.4) is 0 Å². The van der Waals surface area contributed by atoms with Crippen LogP contribution in [0, 0.1) is 5.92 Å². The number of aliphatic hydroxyl groups is 1. The van der Waals surface area contributed by atoms with Gasteiger partial charge in [0.2, 0.25) is 13.6 Å². The van der Waals surface area contributed by atoms with Crippen LogP contribution in [0.15, 0.2) is 54.6 Å². The molecule has 0 fully saturated rings. The first kappa shape index (κ1) is 29.4. The van der Waals surface area contributed by atoms with Crippen molar-refractivity contribution >= 4 is 23.3 Å². The minimum atomic E-state index is -0.486. The number of rotatable bonds is 8. The number of nitrogens with zero attached hydrogens (tertiary/aromatic N) is 2. The third kappa shape index (κ3) is 6.31. The maximum atomic E-state index is 13.8. The van der Waals surface area contributed by atoms with Crippen LogP contribution in [0.5, 0.6) is 28.7 Å². The molecule has 0 bridgehead atoms. The molecule has 6 rings (SSSR count). The Morgan fingerprint density at radius 3 is 2.25 bits per heavy atom. The quantitative estimate of drug-likeness (QED) is 0.347. The van der Waals surface area contributed by atoms with Gasteiger partial charge in [-0.1, -0.05) is 13.0 Å². The lowest BCUT2D eigenvalue weighted by Gasteiger charge is -2.38. The highest BCUT2D eigenvalue weighted by atomic mass is 16.7. The maximum Gasteiger partial charge on any atom is 0.323 e. The summed E-state index contributed by atoms with van der Waals surface area (Å²) in [5.74, 6) is 2.75. The van der Waals surface area contributed by atoms with Crippen molar-refractivity contribution in [2.45, 2.75) is 32.5 Å². The minimum absolute atomic E-state index is 0.0365. The van der Waals surface area contributed by atoms with Crippen LogP contribution in [0.2, 0.25) is 0 Å². The molecular weight excluding hydrogens is 568 g/mol. The molecule has 0 radical (unpaired) electrons. The van der Waals surface area contributed by atoms with E-state index in [0.717, 1.165) is 17.1 Å². The number of nitrogens with one attached hydrogen (secondary N) is 2. The van der Waals surface area contributed by atoms with Crippen LogP contribution >= 0.6 is 0 Å². The fourth-order valence-corrected chi connectivity index (χ4v) is 5.51. The number of urea groups is 1. The van der Waals surface area contributed by atoms with Gasteiger partial charge in [-0.25, -0.2) is 4.79 Å². The Balaban J connectivity index is 1.19. The molecule has 12 nitrogen and oxygen atoms in total. The Hall–Kier alpha value is -4.68. The molecule has 12 heteroatoms. The summed E-state index contributed by atoms with van der Waals surface area (Å²) in [5, 5.41) is 15.5. The van der Waals surface area contributed by atoms with E-state index in [1.807, 2.05) is 39.1 Å². The number of likely N-dealkylation sites (N-methyl/N-ethyl adjacent to an activating group) is 1. The summed E-state index contributed by atoms with van der Waals surface area (Å²) >= 11 is 0. The number of benzene rings is 3. The smallest absolute Gasteiger partial charge is 0.323 e. The number of aliphatic hydroxyl groups excluding tert-OH is 1. The Kier molecular flexibility index (Phi) is 8.36. The predicted molar refractivity (Wildman–Crippen MR) is 162 cm³/mol. The Labute approximate surface area is 255 Å². The van der Waals surface area contributed by atoms with E-state index in [1.165, 1.54) is 0 Å². The molecular formula is C32H36N4O8. The van der Waals surface area contributed by atoms with Crippen LogP contribution < -0.4 is 34.3 Å². The van der Waals surface area contributed by atoms with E-state index >= 15 is 0 Å². The van der Waals surface area contributed by atoms with Crippen LogP contribution in [-0.4, -0.2) is 79.3 Å². The number of carbonyl (C=O) groups is 2. The van der Waals surface area contributed by atoms with Crippen LogP contribution in [0.25, 0.3) is 0 Å². The molecule has 0 aliphatic carbocycles. The fraction of sp³-hybridized carbons (Fsp3) is 0.375. The molecule has 3 aliphatic heterocycles. The van der Waals surface area contributed by atoms with Gasteiger partial charge in [-0.2, -0.15) is 0 Å². The predicted octanol–water partition coefficient (Wildman–Crippen LogP) is 4.14. The van der Waals surface area contributed by atoms with E-state index in [-0.39, 0.29) is 38.1 Å². The first-order valence-corrected chi connectivity index (χ1v) is 14.5. The van der Waals surface area contributed by atoms with Crippen molar-refractivity contribution in [2.75, 3.05) is 51.0 Å². The lowest BCUT2D eigenvalue weighted by Crippen LogP contribution is -2.49. The van der Waals surface area contributed by atoms with E-state index in [1.54, 1.807) is 41.3 Å². The molecule has 0 spiro atoms. The first-order valence-electron chi connectivity index (χ1n) is 14.5. The van der Waals surface area contributed by atoms with Crippen molar-refractivity contribution in [1.29, 1.82) is 0 Å². The molecule has 3 aromatic rings. The number of fused-ring (bicyclic) bond motifs is 3. The molecule has 0 saturated heterocycles. The average molecular weight is 605 g/mol. The maximum absolute atomic E-state index is 13.8. The van der Waals surface area contributed by atoms with E-state index in [2.05, 4.69) is 15.5 Å². The van der Waals surface area contributed by atoms with Gasteiger partial charge in [0, 0.05) is 43.0 Å². The zero-order chi connectivity index (χ0) is 30.8. The van der Waals surface area contributed by atoms with Crippen molar-refractivity contribution in [2.24, 2.45) is 5.92 Å². The molecule has 0 aromatic heterocycles. The molecule has 3 N–H and O–H groups in total. The van der Waals surface area contributed by atoms with Crippen molar-refractivity contribution in [3.8, 4) is 28.7 Å². The zero-order valence-electron chi connectivity index (χ0n) is 24.9. The van der Waals surface area contributed by atoms with Gasteiger partial charge in [-0.05, 0) is 62.0 Å². The SMILES string of the molecule is C[C@@H]1CN([C@H](C)CO)C(=O)c2cc(NC(=O)Nc3ccc4c(c3)OCO4)ccc2O[C@@H]1CN(C)Cc1ccc2c(c1)OCO2. The van der Waals surface area contributed by atoms with Gasteiger partial charge in [-0.15, -0.1) is 0 Å². The first-order chi connectivity index (χ1) is 21.3. The van der Waals surface area contributed by atoms with Gasteiger partial charge >= 0.3 is 6.03 Å². The molecule has 0 unspecified atom stereocenters. The van der Waals surface area contributed by atoms with Gasteiger partial charge in [0.15, 0.2) is 23.0 Å². The van der Waals surface area contributed by atoms with Crippen molar-refractivity contribution < 1.29 is 38.4 Å². The summed E-state index contributed by atoms with van der Waals surface area (Å²) in [7, 11) is 2.02. The highest BCUT2D eigenvalue weighted by molar-refractivity contribution is 6.02. The fourth-order valence-electron chi connectivity index (χ4n) is 5.51. The van der Waals surface area contributed by atoms with Crippen molar-refractivity contribution in [3.05, 3.63) is 65.7 Å². The normalized spacial score (nSPS) is 19.1. The number of carbonyl (C=O) groups excluding carboxylic acids is 2. The highest BCUT2D eigenvalue weighted by Crippen LogP contribution is 2.35. The summed E-state index contributed by atoms with van der Waals surface area (Å²) in [6.45, 7) is 5.68. The summed E-state index contributed by atoms with van der Waals surface area (Å²) in [6.07, 6.45) is -0.262. The Morgan fingerprint density at radius 2 is 1.55 bits per heavy atom. The Bertz CT molecular complexity index is 1550. The number of ether oxygens (including phenoxy) is 5. The van der Waals surface area contributed by atoms with Gasteiger partial charge in [0.1, 0.15) is 11.9 Å². The summed E-state index contributed by atoms with van der Waals surface area (Å²) < 4.78 is 28.2. The lowest BCUT2D eigenvalue weighted by molar-refractivity contribution is 0.0341. The number of hydrogen-bond donors (Lipinski definition) is 3. The van der Waals surface area contributed by atoms with Gasteiger partial charge in [-0.3, -0.25) is 9.69 Å². The second-order valence-corrected chi connectivity index (χ2v) is 11.4. The highest BCUT2D eigenvalue weighted by Gasteiger charge is 2.33. The van der Waals surface area contributed by atoms with E-state index in [9.17, 15) is 14.7 Å². The summed E-state index contributed by atoms with van der Waals surface area (Å²) in [6, 6.07) is 15.1. The molecule has 44 heavy (non-hydrogen) atoms. The monoisotopic (exact) mass is 604 g/mol. The van der Waals surface area contributed by atoms with E-state index < -0.39 is 12.1 Å². The van der Waals surface area contributed by atoms with E-state index in [0.29, 0.717) is 53.8 Å². The van der Waals surface area contributed by atoms with Gasteiger partial charge in [0.05, 0.1) is 18.2 Å². The Morgan fingerprint density at radius 1 is 0.932 bits per heavy atom. The van der Waals surface area contributed by atoms with Crippen LogP contribution in [0.1, 0.15) is 29.8 Å². The minimum Gasteiger partial charge on any atom is -0.488 e. The van der Waals surface area contributed by atoms with Crippen LogP contribution in [-0.2, 0) is 6.54 Å². The molecule has 3 aliphatic rings. The zero-order valence-corrected chi connectivity index (χ0v) is 24.9. The average Bonchev–Trinajstić information content (AvgIpc) is 3.68. The van der Waals surface area contributed by atoms with Crippen molar-refractivity contribution in [1.82, 2.24) is 9.80 Å². The molecule has 3 aromatic carbocycles.